The van der Waals surface area contributed by atoms with E-state index in [9.17, 15) is 4.79 Å². The highest BCUT2D eigenvalue weighted by molar-refractivity contribution is 8.00. The van der Waals surface area contributed by atoms with E-state index in [0.29, 0.717) is 6.04 Å². The van der Waals surface area contributed by atoms with Crippen LogP contribution in [0, 0.1) is 0 Å². The summed E-state index contributed by atoms with van der Waals surface area (Å²) in [5, 5.41) is 3.11. The minimum absolute atomic E-state index is 0.0310. The van der Waals surface area contributed by atoms with Crippen LogP contribution in [-0.2, 0) is 4.79 Å². The van der Waals surface area contributed by atoms with Crippen LogP contribution in [-0.4, -0.2) is 38.7 Å². The van der Waals surface area contributed by atoms with Crippen LogP contribution in [0.25, 0.3) is 0 Å². The van der Waals surface area contributed by atoms with E-state index in [0.717, 1.165) is 23.7 Å². The lowest BCUT2D eigenvalue weighted by Gasteiger charge is -2.32. The number of nitrogens with zero attached hydrogens (tertiary/aromatic N) is 2. The Kier molecular flexibility index (Phi) is 3.71. The first-order valence-corrected chi connectivity index (χ1v) is 9.91. The molecule has 2 unspecified atom stereocenters. The number of carbonyl (C=O) groups is 1. The van der Waals surface area contributed by atoms with E-state index in [4.69, 9.17) is 12.2 Å². The third-order valence-corrected chi connectivity index (χ3v) is 7.46. The lowest BCUT2D eigenvalue weighted by Crippen LogP contribution is -2.42. The van der Waals surface area contributed by atoms with E-state index in [1.54, 1.807) is 11.3 Å². The zero-order chi connectivity index (χ0) is 14.4. The molecule has 1 aromatic rings. The fourth-order valence-corrected chi connectivity index (χ4v) is 6.56. The predicted octanol–water partition coefficient (Wildman–Crippen LogP) is 3.62. The van der Waals surface area contributed by atoms with Crippen molar-refractivity contribution in [2.24, 2.45) is 0 Å². The summed E-state index contributed by atoms with van der Waals surface area (Å²) in [6.07, 6.45) is 5.98. The average molecular weight is 339 g/mol. The van der Waals surface area contributed by atoms with Crippen molar-refractivity contribution in [2.45, 2.75) is 49.6 Å². The van der Waals surface area contributed by atoms with Crippen molar-refractivity contribution in [3.05, 3.63) is 22.4 Å². The van der Waals surface area contributed by atoms with E-state index in [-0.39, 0.29) is 17.3 Å². The molecule has 3 fully saturated rings. The topological polar surface area (TPSA) is 23.6 Å². The van der Waals surface area contributed by atoms with Gasteiger partial charge in [-0.3, -0.25) is 9.69 Å². The Bertz CT molecular complexity index is 553. The fourth-order valence-electron chi connectivity index (χ4n) is 3.64. The van der Waals surface area contributed by atoms with Crippen molar-refractivity contribution in [1.29, 1.82) is 0 Å². The lowest BCUT2D eigenvalue weighted by atomic mass is 9.94. The highest BCUT2D eigenvalue weighted by atomic mass is 32.2. The highest BCUT2D eigenvalue weighted by Gasteiger charge is 2.52. The van der Waals surface area contributed by atoms with Crippen LogP contribution >= 0.6 is 35.3 Å². The first kappa shape index (κ1) is 14.0. The molecule has 1 aromatic heterocycles. The summed E-state index contributed by atoms with van der Waals surface area (Å²) < 4.78 is 0. The maximum atomic E-state index is 12.8. The largest absolute Gasteiger partial charge is 0.319 e. The number of thioether (sulfide) groups is 1. The van der Waals surface area contributed by atoms with Gasteiger partial charge in [-0.1, -0.05) is 25.3 Å². The molecule has 112 valence electrons. The minimum Gasteiger partial charge on any atom is -0.319 e. The molecule has 0 radical (unpaired) electrons. The zero-order valence-corrected chi connectivity index (χ0v) is 14.2. The second-order valence-electron chi connectivity index (χ2n) is 5.91. The molecule has 2 saturated heterocycles. The van der Waals surface area contributed by atoms with E-state index >= 15 is 0 Å². The Morgan fingerprint density at radius 3 is 2.76 bits per heavy atom. The van der Waals surface area contributed by atoms with Gasteiger partial charge in [-0.15, -0.1) is 23.1 Å². The van der Waals surface area contributed by atoms with Gasteiger partial charge in [0.25, 0.3) is 5.91 Å². The molecular formula is C15H18N2OS3. The maximum Gasteiger partial charge on any atom is 0.252 e. The van der Waals surface area contributed by atoms with Gasteiger partial charge in [0.05, 0.1) is 0 Å². The van der Waals surface area contributed by atoms with Gasteiger partial charge in [0.2, 0.25) is 0 Å². The molecule has 2 aliphatic heterocycles. The first-order chi connectivity index (χ1) is 10.3. The van der Waals surface area contributed by atoms with Crippen LogP contribution < -0.4 is 0 Å². The van der Waals surface area contributed by atoms with Crippen molar-refractivity contribution in [1.82, 2.24) is 9.80 Å². The second-order valence-corrected chi connectivity index (χ2v) is 8.36. The zero-order valence-electron chi connectivity index (χ0n) is 11.7. The van der Waals surface area contributed by atoms with Gasteiger partial charge < -0.3 is 4.90 Å². The summed E-state index contributed by atoms with van der Waals surface area (Å²) in [6.45, 7) is 0. The molecule has 1 amide bonds. The molecule has 3 aliphatic rings. The van der Waals surface area contributed by atoms with Crippen LogP contribution in [0.4, 0.5) is 0 Å². The fraction of sp³-hybridized carbons (Fsp3) is 0.600. The molecule has 0 spiro atoms. The Labute approximate surface area is 138 Å². The lowest BCUT2D eigenvalue weighted by molar-refractivity contribution is -0.129. The van der Waals surface area contributed by atoms with Crippen molar-refractivity contribution in [3.8, 4) is 0 Å². The SMILES string of the molecule is O=C1C2CSC(c3cccs3)N2C(=S)N1C1CCCCC1. The van der Waals surface area contributed by atoms with E-state index in [2.05, 4.69) is 22.4 Å². The van der Waals surface area contributed by atoms with Gasteiger partial charge in [-0.2, -0.15) is 0 Å². The van der Waals surface area contributed by atoms with Gasteiger partial charge in [0.1, 0.15) is 11.4 Å². The third-order valence-electron chi connectivity index (χ3n) is 4.68. The summed E-state index contributed by atoms with van der Waals surface area (Å²) in [5.74, 6) is 1.11. The molecule has 1 saturated carbocycles. The second kappa shape index (κ2) is 5.56. The number of rotatable bonds is 2. The normalized spacial score (nSPS) is 30.3. The van der Waals surface area contributed by atoms with Gasteiger partial charge in [0.15, 0.2) is 5.11 Å². The number of hydrogen-bond donors (Lipinski definition) is 0. The van der Waals surface area contributed by atoms with Crippen LogP contribution in [0.2, 0.25) is 0 Å². The molecule has 3 heterocycles. The van der Waals surface area contributed by atoms with Crippen LogP contribution in [0.15, 0.2) is 17.5 Å². The Morgan fingerprint density at radius 1 is 1.24 bits per heavy atom. The summed E-state index contributed by atoms with van der Waals surface area (Å²) in [7, 11) is 0. The summed E-state index contributed by atoms with van der Waals surface area (Å²) in [4.78, 5) is 18.3. The van der Waals surface area contributed by atoms with Gasteiger partial charge in [-0.25, -0.2) is 0 Å². The molecular weight excluding hydrogens is 320 g/mol. The standard InChI is InChI=1S/C15H18N2OS3/c18-13-11-9-21-14(12-7-4-8-20-12)17(11)15(19)16(13)10-5-2-1-3-6-10/h4,7-8,10-11,14H,1-3,5-6,9H2. The maximum absolute atomic E-state index is 12.8. The van der Waals surface area contributed by atoms with Gasteiger partial charge in [0, 0.05) is 16.7 Å². The van der Waals surface area contributed by atoms with E-state index in [1.807, 2.05) is 16.7 Å². The van der Waals surface area contributed by atoms with E-state index in [1.165, 1.54) is 24.1 Å². The molecule has 21 heavy (non-hydrogen) atoms. The van der Waals surface area contributed by atoms with Crippen LogP contribution in [0.1, 0.15) is 42.4 Å². The predicted molar refractivity (Wildman–Crippen MR) is 91.5 cm³/mol. The third kappa shape index (κ3) is 2.23. The molecule has 0 N–H and O–H groups in total. The summed E-state index contributed by atoms with van der Waals surface area (Å²) in [6, 6.07) is 4.55. The molecule has 4 rings (SSSR count). The quantitative estimate of drug-likeness (QED) is 0.769. The van der Waals surface area contributed by atoms with Crippen molar-refractivity contribution in [2.75, 3.05) is 5.75 Å². The first-order valence-electron chi connectivity index (χ1n) is 7.58. The molecule has 1 aliphatic carbocycles. The number of fused-ring (bicyclic) bond motifs is 1. The van der Waals surface area contributed by atoms with Crippen LogP contribution in [0.5, 0.6) is 0 Å². The molecule has 0 aromatic carbocycles. The highest BCUT2D eigenvalue weighted by Crippen LogP contribution is 2.47. The Balaban J connectivity index is 1.61. The van der Waals surface area contributed by atoms with Crippen molar-refractivity contribution >= 4 is 46.3 Å². The minimum atomic E-state index is -0.0310. The number of thiocarbonyl (C=S) groups is 1. The van der Waals surface area contributed by atoms with Crippen LogP contribution in [0.3, 0.4) is 0 Å². The summed E-state index contributed by atoms with van der Waals surface area (Å²) >= 11 is 9.32. The Hall–Kier alpha value is -0.590. The van der Waals surface area contributed by atoms with Crippen molar-refractivity contribution in [3.63, 3.8) is 0 Å². The number of amides is 1. The Morgan fingerprint density at radius 2 is 2.05 bits per heavy atom. The number of thiophene rings is 1. The summed E-state index contributed by atoms with van der Waals surface area (Å²) in [5.41, 5.74) is 0. The average Bonchev–Trinajstić information content (AvgIpc) is 3.20. The van der Waals surface area contributed by atoms with Crippen molar-refractivity contribution < 1.29 is 4.79 Å². The number of hydrogen-bond acceptors (Lipinski definition) is 4. The molecule has 6 heteroatoms. The monoisotopic (exact) mass is 338 g/mol. The van der Waals surface area contributed by atoms with Gasteiger partial charge in [-0.05, 0) is 36.5 Å². The smallest absolute Gasteiger partial charge is 0.252 e. The van der Waals surface area contributed by atoms with Gasteiger partial charge >= 0.3 is 0 Å². The number of carbonyl (C=O) groups excluding carboxylic acids is 1. The molecule has 0 bridgehead atoms. The van der Waals surface area contributed by atoms with E-state index < -0.39 is 0 Å². The molecule has 3 nitrogen and oxygen atoms in total. The molecule has 2 atom stereocenters.